The molecule has 2 aliphatic heterocycles. The van der Waals surface area contributed by atoms with Gasteiger partial charge in [0.15, 0.2) is 45.8 Å². The van der Waals surface area contributed by atoms with Crippen molar-refractivity contribution in [1.82, 2.24) is 49.7 Å². The molecule has 0 spiro atoms. The molecule has 4 aromatic heterocycles. The fourth-order valence-electron chi connectivity index (χ4n) is 6.35. The van der Waals surface area contributed by atoms with E-state index in [1.165, 1.54) is 21.8 Å². The van der Waals surface area contributed by atoms with Crippen LogP contribution in [0.2, 0.25) is 0 Å². The number of phosphoric ester groups is 2. The number of carbonyl (C=O) groups excluding carboxylic acids is 2. The van der Waals surface area contributed by atoms with E-state index in [1.54, 1.807) is 0 Å². The molecule has 2 amide bonds. The quantitative estimate of drug-likeness (QED) is 0.0285. The first-order chi connectivity index (χ1) is 35.0. The molecule has 0 bridgehead atoms. The number of nitrogens with one attached hydrogen (secondary N) is 4. The maximum absolute atomic E-state index is 12.2. The summed E-state index contributed by atoms with van der Waals surface area (Å²) in [6, 6.07) is 0. The second kappa shape index (κ2) is 25.2. The molecule has 2 aliphatic rings. The summed E-state index contributed by atoms with van der Waals surface area (Å²) >= 11 is 10.2. The molecular formula is C26H44N14O28P6S2. The minimum atomic E-state index is -5.79. The molecule has 76 heavy (non-hydrogen) atoms. The lowest BCUT2D eigenvalue weighted by Crippen LogP contribution is -2.42. The fourth-order valence-corrected chi connectivity index (χ4v) is 12.9. The summed E-state index contributed by atoms with van der Waals surface area (Å²) in [4.78, 5) is 118. The summed E-state index contributed by atoms with van der Waals surface area (Å²) in [6.45, 7) is -1.93. The van der Waals surface area contributed by atoms with Crippen molar-refractivity contribution < 1.29 is 132 Å². The number of hydrogen-bond donors (Lipinski definition) is 18. The number of anilines is 2. The zero-order valence-corrected chi connectivity index (χ0v) is 44.3. The van der Waals surface area contributed by atoms with E-state index < -0.39 is 121 Å². The van der Waals surface area contributed by atoms with Gasteiger partial charge in [-0.15, -0.1) is 0 Å². The minimum absolute atomic E-state index is 0.00680. The third kappa shape index (κ3) is 17.6. The van der Waals surface area contributed by atoms with E-state index in [0.29, 0.717) is 0 Å². The van der Waals surface area contributed by atoms with Gasteiger partial charge < -0.3 is 112 Å². The van der Waals surface area contributed by atoms with E-state index in [4.69, 9.17) is 85.9 Å². The lowest BCUT2D eigenvalue weighted by molar-refractivity contribution is -0.0522. The topological polar surface area (TPSA) is 652 Å². The summed E-state index contributed by atoms with van der Waals surface area (Å²) < 4.78 is 117. The van der Waals surface area contributed by atoms with Gasteiger partial charge >= 0.3 is 59.1 Å². The van der Waals surface area contributed by atoms with Gasteiger partial charge in [-0.05, 0) is 0 Å². The Morgan fingerprint density at radius 2 is 1.01 bits per heavy atom. The van der Waals surface area contributed by atoms with Gasteiger partial charge in [0.1, 0.15) is 46.7 Å². The van der Waals surface area contributed by atoms with Crippen molar-refractivity contribution in [2.24, 2.45) is 11.5 Å². The Morgan fingerprint density at radius 1 is 0.618 bits per heavy atom. The first-order valence-electron chi connectivity index (χ1n) is 20.0. The molecular weight excluding hydrogens is 1210 g/mol. The monoisotopic (exact) mass is 1250 g/mol. The van der Waals surface area contributed by atoms with Gasteiger partial charge in [-0.2, -0.15) is 17.2 Å². The fraction of sp³-hybridized carbons (Fsp3) is 0.538. The molecule has 0 radical (unpaired) electrons. The molecule has 12 atom stereocenters. The number of nitrogens with zero attached hydrogens (tertiary/aromatic N) is 6. The number of H-pyrrole nitrogens is 2. The first kappa shape index (κ1) is 63.1. The van der Waals surface area contributed by atoms with Gasteiger partial charge in [-0.1, -0.05) is 24.4 Å². The molecule has 50 heteroatoms. The van der Waals surface area contributed by atoms with Gasteiger partial charge in [-0.3, -0.25) is 18.2 Å². The highest BCUT2D eigenvalue weighted by Crippen LogP contribution is 2.67. The molecule has 4 aromatic rings. The Morgan fingerprint density at radius 3 is 1.43 bits per heavy atom. The number of aromatic amines is 2. The van der Waals surface area contributed by atoms with E-state index in [9.17, 15) is 66.8 Å². The Labute approximate surface area is 431 Å². The second-order valence-electron chi connectivity index (χ2n) is 14.6. The molecule has 0 aromatic carbocycles. The van der Waals surface area contributed by atoms with Gasteiger partial charge in [0.25, 0.3) is 0 Å². The van der Waals surface area contributed by atoms with Gasteiger partial charge in [0.05, 0.1) is 25.9 Å². The predicted molar refractivity (Wildman–Crippen MR) is 248 cm³/mol. The van der Waals surface area contributed by atoms with E-state index >= 15 is 0 Å². The van der Waals surface area contributed by atoms with Gasteiger partial charge in [-0.25, -0.2) is 56.9 Å². The largest absolute Gasteiger partial charge is 0.490 e. The van der Waals surface area contributed by atoms with Crippen LogP contribution in [0.1, 0.15) is 12.5 Å². The van der Waals surface area contributed by atoms with Crippen LogP contribution >= 0.6 is 71.4 Å². The van der Waals surface area contributed by atoms with Crippen molar-refractivity contribution in [3.05, 3.63) is 21.9 Å². The van der Waals surface area contributed by atoms with Crippen LogP contribution < -0.4 is 33.6 Å². The van der Waals surface area contributed by atoms with E-state index in [0.717, 1.165) is 0 Å². The Bertz CT molecular complexity index is 3170. The average Bonchev–Trinajstić information content (AvgIpc) is 4.02. The molecule has 42 nitrogen and oxygen atoms in total. The molecule has 0 saturated carbocycles. The Kier molecular flexibility index (Phi) is 20.9. The number of fused-ring (bicyclic) bond motifs is 2. The van der Waals surface area contributed by atoms with Crippen LogP contribution in [0.25, 0.3) is 22.3 Å². The standard InChI is InChI=1S/2C13H22N7O14P3S/c14-1-2-16-13(22)32-8-5(3-30-36(26,27)34-37(28,29)33-35(23,24)25)31-11(7(8)21)20-4-17-6-9(20)18-12(15)19-10(6)38;14-1-2-16-13(22)32-8-7(21)5(3-30-36(26,27)34-37(28,29)33-35(23,24)25)31-11(8)20-4-17-6-9(20)18-12(15)19-10(6)38/h2*4-5,7-8,11,21H,1-3,14H2,(H,16,22)(H,26,27)(H,28,29)(H2,23,24,25)(H3,15,18,19,38)/t2*5-,7-,8-,11-/m11/s1. The smallest absolute Gasteiger partial charge is 0.440 e. The molecule has 6 heterocycles. The lowest BCUT2D eigenvalue weighted by atomic mass is 10.1. The van der Waals surface area contributed by atoms with Crippen LogP contribution in [0.15, 0.2) is 12.7 Å². The zero-order chi connectivity index (χ0) is 56.9. The maximum atomic E-state index is 12.2. The second-order valence-corrected chi connectivity index (χ2v) is 24.2. The minimum Gasteiger partial charge on any atom is -0.440 e. The van der Waals surface area contributed by atoms with Crippen molar-refractivity contribution in [1.29, 1.82) is 0 Å². The highest BCUT2D eigenvalue weighted by Gasteiger charge is 2.51. The Hall–Kier alpha value is -3.74. The maximum Gasteiger partial charge on any atom is 0.490 e. The van der Waals surface area contributed by atoms with E-state index in [-0.39, 0.29) is 69.7 Å². The predicted octanol–water partition coefficient (Wildman–Crippen LogP) is -2.55. The zero-order valence-electron chi connectivity index (χ0n) is 37.3. The van der Waals surface area contributed by atoms with Crippen LogP contribution in [-0.4, -0.2) is 177 Å². The molecule has 0 aliphatic carbocycles. The molecule has 6 rings (SSSR count). The van der Waals surface area contributed by atoms with Crippen LogP contribution in [0.4, 0.5) is 21.5 Å². The number of nitrogen functional groups attached to an aromatic ring is 2. The highest BCUT2D eigenvalue weighted by atomic mass is 32.1. The van der Waals surface area contributed by atoms with Crippen LogP contribution in [0.3, 0.4) is 0 Å². The van der Waals surface area contributed by atoms with Gasteiger partial charge in [0.2, 0.25) is 0 Å². The molecule has 22 N–H and O–H groups in total. The number of rotatable bonds is 22. The van der Waals surface area contributed by atoms with Crippen LogP contribution in [-0.2, 0) is 72.6 Å². The number of phosphoric acid groups is 6. The molecule has 2 saturated heterocycles. The SMILES string of the molecule is NCCNC(=O)O[C@@H]1[C@H](O)[C@@H](COP(=O)(O)OP(=O)(O)OP(=O)(O)O)O[C@H]1n1cnc2c(=S)nc(N)[nH]c21.NCCNC(=O)O[C@H]1[C@@H](O)[C@H](n2cnc3c(=S)nc(N)[nH]c32)O[C@@H]1COP(=O)(O)OP(=O)(O)OP(=O)(O)O. The number of carbonyl (C=O) groups is 2. The summed E-state index contributed by atoms with van der Waals surface area (Å²) in [5.41, 5.74) is 22.6. The normalized spacial score (nSPS) is 25.1. The molecule has 4 unspecified atom stereocenters. The van der Waals surface area contributed by atoms with Crippen LogP contribution in [0, 0.1) is 9.28 Å². The van der Waals surface area contributed by atoms with Crippen molar-refractivity contribution in [3.63, 3.8) is 0 Å². The summed E-state index contributed by atoms with van der Waals surface area (Å²) in [6.07, 6.45) is -12.1. The number of ether oxygens (including phenoxy) is 4. The number of imidazole rings is 2. The third-order valence-electron chi connectivity index (χ3n) is 9.05. The highest BCUT2D eigenvalue weighted by molar-refractivity contribution is 7.72. The lowest BCUT2D eigenvalue weighted by Gasteiger charge is -2.22. The first-order valence-corrected chi connectivity index (χ1v) is 29.9. The number of alkyl carbamates (subject to hydrolysis) is 2. The third-order valence-corrected chi connectivity index (χ3v) is 17.2. The van der Waals surface area contributed by atoms with E-state index in [1.807, 2.05) is 0 Å². The average molecular weight is 1250 g/mol. The van der Waals surface area contributed by atoms with Crippen molar-refractivity contribution in [2.75, 3.05) is 50.9 Å². The summed E-state index contributed by atoms with van der Waals surface area (Å²) in [5, 5.41) is 26.3. The van der Waals surface area contributed by atoms with Crippen molar-refractivity contribution in [3.8, 4) is 0 Å². The van der Waals surface area contributed by atoms with Crippen molar-refractivity contribution >= 4 is 118 Å². The number of amides is 2. The molecule has 428 valence electrons. The number of nitrogens with two attached hydrogens (primary N) is 4. The summed E-state index contributed by atoms with van der Waals surface area (Å²) in [7, 11) is -33.9. The number of aromatic nitrogens is 8. The number of aliphatic hydroxyl groups is 2. The van der Waals surface area contributed by atoms with Crippen LogP contribution in [0.5, 0.6) is 0 Å². The van der Waals surface area contributed by atoms with Crippen molar-refractivity contribution in [2.45, 2.75) is 49.1 Å². The number of hydrogen-bond acceptors (Lipinski definition) is 30. The van der Waals surface area contributed by atoms with E-state index in [2.05, 4.69) is 66.8 Å². The summed E-state index contributed by atoms with van der Waals surface area (Å²) in [5.74, 6) is -0.208. The number of aliphatic hydroxyl groups excluding tert-OH is 2. The van der Waals surface area contributed by atoms with Gasteiger partial charge in [0, 0.05) is 26.2 Å². The Balaban J connectivity index is 0.000000281. The molecule has 2 fully saturated rings.